The highest BCUT2D eigenvalue weighted by atomic mass is 32.1. The average Bonchev–Trinajstić information content (AvgIpc) is 3.06. The number of hydrogen-bond donors (Lipinski definition) is 0. The lowest BCUT2D eigenvalue weighted by Gasteiger charge is -2.20. The summed E-state index contributed by atoms with van der Waals surface area (Å²) in [6.45, 7) is 0.515. The van der Waals surface area contributed by atoms with Crippen LogP contribution in [0.4, 0.5) is 0 Å². The van der Waals surface area contributed by atoms with Crippen molar-refractivity contribution in [2.75, 3.05) is 13.7 Å². The van der Waals surface area contributed by atoms with Crippen LogP contribution in [0.15, 0.2) is 11.4 Å². The van der Waals surface area contributed by atoms with E-state index in [4.69, 9.17) is 10.00 Å². The number of hydrogen-bond acceptors (Lipinski definition) is 4. The molecule has 0 aromatic carbocycles. The largest absolute Gasteiger partial charge is 0.495 e. The molecular weight excluding hydrogens is 236 g/mol. The second kappa shape index (κ2) is 5.19. The van der Waals surface area contributed by atoms with E-state index in [9.17, 15) is 4.79 Å². The summed E-state index contributed by atoms with van der Waals surface area (Å²) >= 11 is 1.39. The van der Waals surface area contributed by atoms with Gasteiger partial charge in [-0.1, -0.05) is 0 Å². The molecule has 1 fully saturated rings. The molecule has 90 valence electrons. The van der Waals surface area contributed by atoms with Crippen LogP contribution in [0.5, 0.6) is 5.75 Å². The number of methoxy groups -OCH3 is 1. The van der Waals surface area contributed by atoms with Crippen molar-refractivity contribution in [1.29, 1.82) is 5.26 Å². The summed E-state index contributed by atoms with van der Waals surface area (Å²) in [7, 11) is 1.57. The Bertz CT molecular complexity index is 446. The summed E-state index contributed by atoms with van der Waals surface area (Å²) in [6, 6.07) is 4.21. The molecule has 1 aliphatic rings. The molecule has 0 radical (unpaired) electrons. The number of rotatable bonds is 5. The Balaban J connectivity index is 2.13. The summed E-state index contributed by atoms with van der Waals surface area (Å²) in [6.07, 6.45) is 2.48. The van der Waals surface area contributed by atoms with Gasteiger partial charge in [0, 0.05) is 12.6 Å². The second-order valence-electron chi connectivity index (χ2n) is 3.96. The zero-order chi connectivity index (χ0) is 12.3. The second-order valence-corrected chi connectivity index (χ2v) is 4.87. The smallest absolute Gasteiger partial charge is 0.268 e. The molecule has 0 spiro atoms. The van der Waals surface area contributed by atoms with Gasteiger partial charge >= 0.3 is 0 Å². The first-order valence-electron chi connectivity index (χ1n) is 5.57. The van der Waals surface area contributed by atoms with Gasteiger partial charge in [-0.05, 0) is 24.3 Å². The third-order valence-electron chi connectivity index (χ3n) is 2.76. The summed E-state index contributed by atoms with van der Waals surface area (Å²) in [5, 5.41) is 10.5. The molecule has 2 rings (SSSR count). The van der Waals surface area contributed by atoms with Gasteiger partial charge in [-0.3, -0.25) is 4.79 Å². The van der Waals surface area contributed by atoms with Crippen LogP contribution in [0.2, 0.25) is 0 Å². The van der Waals surface area contributed by atoms with Crippen molar-refractivity contribution in [1.82, 2.24) is 4.90 Å². The fourth-order valence-corrected chi connectivity index (χ4v) is 2.56. The van der Waals surface area contributed by atoms with Crippen molar-refractivity contribution in [2.45, 2.75) is 25.3 Å². The zero-order valence-corrected chi connectivity index (χ0v) is 10.5. The molecule has 0 unspecified atom stereocenters. The third-order valence-corrected chi connectivity index (χ3v) is 3.64. The van der Waals surface area contributed by atoms with Crippen LogP contribution in [0.3, 0.4) is 0 Å². The quantitative estimate of drug-likeness (QED) is 0.805. The topological polar surface area (TPSA) is 53.3 Å². The first-order valence-corrected chi connectivity index (χ1v) is 6.45. The number of ether oxygens (including phenoxy) is 1. The standard InChI is InChI=1S/C12H14N2O2S/c1-16-10-5-8-17-11(10)12(15)14(7-2-6-13)9-3-4-9/h5,8-9H,2-4,7H2,1H3. The van der Waals surface area contributed by atoms with Gasteiger partial charge in [0.2, 0.25) is 0 Å². The highest BCUT2D eigenvalue weighted by Crippen LogP contribution is 2.32. The molecule has 17 heavy (non-hydrogen) atoms. The molecule has 4 nitrogen and oxygen atoms in total. The van der Waals surface area contributed by atoms with E-state index in [1.54, 1.807) is 18.1 Å². The van der Waals surface area contributed by atoms with Crippen LogP contribution in [-0.4, -0.2) is 30.5 Å². The number of nitrogens with zero attached hydrogens (tertiary/aromatic N) is 2. The Kier molecular flexibility index (Phi) is 3.64. The maximum atomic E-state index is 12.3. The average molecular weight is 250 g/mol. The van der Waals surface area contributed by atoms with Gasteiger partial charge in [0.25, 0.3) is 5.91 Å². The molecule has 0 aliphatic heterocycles. The van der Waals surface area contributed by atoms with E-state index in [1.807, 2.05) is 5.38 Å². The van der Waals surface area contributed by atoms with Crippen molar-refractivity contribution in [3.05, 3.63) is 16.3 Å². The number of nitriles is 1. The summed E-state index contributed by atoms with van der Waals surface area (Å²) in [5.41, 5.74) is 0. The Hall–Kier alpha value is -1.54. The summed E-state index contributed by atoms with van der Waals surface area (Å²) in [4.78, 5) is 14.8. The van der Waals surface area contributed by atoms with E-state index in [0.29, 0.717) is 29.6 Å². The van der Waals surface area contributed by atoms with Crippen molar-refractivity contribution >= 4 is 17.2 Å². The Morgan fingerprint density at radius 2 is 2.47 bits per heavy atom. The van der Waals surface area contributed by atoms with E-state index in [1.165, 1.54) is 11.3 Å². The van der Waals surface area contributed by atoms with Gasteiger partial charge in [-0.15, -0.1) is 11.3 Å². The molecular formula is C12H14N2O2S. The van der Waals surface area contributed by atoms with Crippen molar-refractivity contribution < 1.29 is 9.53 Å². The predicted molar refractivity (Wildman–Crippen MR) is 65.2 cm³/mol. The number of thiophene rings is 1. The predicted octanol–water partition coefficient (Wildman–Crippen LogP) is 2.27. The minimum Gasteiger partial charge on any atom is -0.495 e. The minimum atomic E-state index is -0.00500. The first-order chi connectivity index (χ1) is 8.27. The Morgan fingerprint density at radius 1 is 1.71 bits per heavy atom. The SMILES string of the molecule is COc1ccsc1C(=O)N(CCC#N)C1CC1. The van der Waals surface area contributed by atoms with E-state index in [2.05, 4.69) is 6.07 Å². The minimum absolute atomic E-state index is 0.00500. The van der Waals surface area contributed by atoms with E-state index in [-0.39, 0.29) is 5.91 Å². The molecule has 5 heteroatoms. The van der Waals surface area contributed by atoms with E-state index < -0.39 is 0 Å². The highest BCUT2D eigenvalue weighted by Gasteiger charge is 2.34. The molecule has 0 bridgehead atoms. The van der Waals surface area contributed by atoms with Crippen LogP contribution < -0.4 is 4.74 Å². The van der Waals surface area contributed by atoms with Gasteiger partial charge < -0.3 is 9.64 Å². The molecule has 1 saturated carbocycles. The maximum Gasteiger partial charge on any atom is 0.268 e. The van der Waals surface area contributed by atoms with Gasteiger partial charge in [0.05, 0.1) is 19.6 Å². The van der Waals surface area contributed by atoms with Gasteiger partial charge in [-0.25, -0.2) is 0 Å². The van der Waals surface area contributed by atoms with Crippen LogP contribution in [0.25, 0.3) is 0 Å². The lowest BCUT2D eigenvalue weighted by Crippen LogP contribution is -2.33. The van der Waals surface area contributed by atoms with Gasteiger partial charge in [0.1, 0.15) is 10.6 Å². The molecule has 0 atom stereocenters. The monoisotopic (exact) mass is 250 g/mol. The van der Waals surface area contributed by atoms with Crippen LogP contribution in [0.1, 0.15) is 28.9 Å². The lowest BCUT2D eigenvalue weighted by atomic mass is 10.3. The molecule has 1 aliphatic carbocycles. The third kappa shape index (κ3) is 2.59. The Morgan fingerprint density at radius 3 is 3.06 bits per heavy atom. The van der Waals surface area contributed by atoms with Crippen molar-refractivity contribution in [2.24, 2.45) is 0 Å². The molecule has 0 saturated heterocycles. The van der Waals surface area contributed by atoms with Gasteiger partial charge in [0.15, 0.2) is 0 Å². The van der Waals surface area contributed by atoms with Crippen LogP contribution in [-0.2, 0) is 0 Å². The fourth-order valence-electron chi connectivity index (χ4n) is 1.75. The molecule has 1 aromatic heterocycles. The molecule has 1 heterocycles. The van der Waals surface area contributed by atoms with E-state index >= 15 is 0 Å². The fraction of sp³-hybridized carbons (Fsp3) is 0.500. The van der Waals surface area contributed by atoms with Crippen LogP contribution in [0, 0.1) is 11.3 Å². The Labute approximate surface area is 104 Å². The normalized spacial score (nSPS) is 14.1. The number of carbonyl (C=O) groups excluding carboxylic acids is 1. The number of carbonyl (C=O) groups is 1. The van der Waals surface area contributed by atoms with Crippen molar-refractivity contribution in [3.63, 3.8) is 0 Å². The molecule has 0 N–H and O–H groups in total. The van der Waals surface area contributed by atoms with E-state index in [0.717, 1.165) is 12.8 Å². The lowest BCUT2D eigenvalue weighted by molar-refractivity contribution is 0.0748. The molecule has 1 amide bonds. The summed E-state index contributed by atoms with van der Waals surface area (Å²) in [5.74, 6) is 0.622. The maximum absolute atomic E-state index is 12.3. The highest BCUT2D eigenvalue weighted by molar-refractivity contribution is 7.12. The molecule has 1 aromatic rings. The van der Waals surface area contributed by atoms with Crippen LogP contribution >= 0.6 is 11.3 Å². The van der Waals surface area contributed by atoms with Gasteiger partial charge in [-0.2, -0.15) is 5.26 Å². The van der Waals surface area contributed by atoms with Crippen molar-refractivity contribution in [3.8, 4) is 11.8 Å². The summed E-state index contributed by atoms with van der Waals surface area (Å²) < 4.78 is 5.16. The first kappa shape index (κ1) is 11.9. The number of amides is 1. The zero-order valence-electron chi connectivity index (χ0n) is 9.68.